The predicted molar refractivity (Wildman–Crippen MR) is 225 cm³/mol. The number of hydrogen-bond acceptors (Lipinski definition) is 5. The van der Waals surface area contributed by atoms with Crippen molar-refractivity contribution < 1.29 is 14.0 Å². The van der Waals surface area contributed by atoms with E-state index in [0.717, 1.165) is 50.9 Å². The number of aromatic nitrogens is 2. The first-order chi connectivity index (χ1) is 27.0. The highest BCUT2D eigenvalue weighted by Gasteiger charge is 2.28. The Labute approximate surface area is 326 Å². The summed E-state index contributed by atoms with van der Waals surface area (Å²) in [7, 11) is 0. The molecule has 7 aromatic rings. The molecular weight excluding hydrogens is 674 g/mol. The molecule has 2 heterocycles. The molecule has 0 saturated carbocycles. The van der Waals surface area contributed by atoms with Crippen molar-refractivity contribution in [2.75, 3.05) is 0 Å². The minimum absolute atomic E-state index is 0.00577. The van der Waals surface area contributed by atoms with Crippen LogP contribution in [0.4, 0.5) is 0 Å². The van der Waals surface area contributed by atoms with E-state index in [0.29, 0.717) is 13.2 Å². The van der Waals surface area contributed by atoms with E-state index in [1.165, 1.54) is 16.7 Å². The first kappa shape index (κ1) is 37.7. The molecule has 0 amide bonds. The summed E-state index contributed by atoms with van der Waals surface area (Å²) in [6.07, 6.45) is 3.88. The van der Waals surface area contributed by atoms with Crippen molar-refractivity contribution in [1.82, 2.24) is 9.97 Å². The van der Waals surface area contributed by atoms with Gasteiger partial charge in [0, 0.05) is 12.4 Å². The molecule has 2 aromatic heterocycles. The molecule has 7 rings (SSSR count). The van der Waals surface area contributed by atoms with Crippen LogP contribution in [0.15, 0.2) is 176 Å². The van der Waals surface area contributed by atoms with Crippen LogP contribution in [-0.4, -0.2) is 23.8 Å². The maximum absolute atomic E-state index is 7.01. The van der Waals surface area contributed by atoms with Crippen LogP contribution in [0.25, 0.3) is 0 Å². The molecule has 0 saturated heterocycles. The highest BCUT2D eigenvalue weighted by Crippen LogP contribution is 2.28. The van der Waals surface area contributed by atoms with E-state index >= 15 is 0 Å². The Balaban J connectivity index is 0.967. The van der Waals surface area contributed by atoms with Crippen LogP contribution in [0, 0.1) is 13.8 Å². The highest BCUT2D eigenvalue weighted by atomic mass is 16.5. The highest BCUT2D eigenvalue weighted by molar-refractivity contribution is 6.80. The van der Waals surface area contributed by atoms with Crippen LogP contribution in [0.2, 0.25) is 6.82 Å². The lowest BCUT2D eigenvalue weighted by Gasteiger charge is -2.24. The summed E-state index contributed by atoms with van der Waals surface area (Å²) < 4.78 is 19.8. The summed E-state index contributed by atoms with van der Waals surface area (Å²) >= 11 is 0. The topological polar surface area (TPSA) is 53.5 Å². The van der Waals surface area contributed by atoms with Crippen LogP contribution in [0.1, 0.15) is 62.5 Å². The monoisotopic (exact) mass is 720 g/mol. The van der Waals surface area contributed by atoms with Crippen molar-refractivity contribution in [3.63, 3.8) is 0 Å². The van der Waals surface area contributed by atoms with Crippen molar-refractivity contribution in [1.29, 1.82) is 0 Å². The predicted octanol–water partition coefficient (Wildman–Crippen LogP) is 9.23. The van der Waals surface area contributed by atoms with Gasteiger partial charge < -0.3 is 14.0 Å². The zero-order chi connectivity index (χ0) is 37.8. The Kier molecular flexibility index (Phi) is 12.8. The Hall–Kier alpha value is -5.59. The third-order valence-corrected chi connectivity index (χ3v) is 9.78. The number of hydrogen-bond donors (Lipinski definition) is 0. The van der Waals surface area contributed by atoms with Crippen molar-refractivity contribution >= 4 is 24.8 Å². The molecule has 0 N–H and O–H groups in total. The fraction of sp³-hybridized carbons (Fsp3) is 0.167. The summed E-state index contributed by atoms with van der Waals surface area (Å²) in [6, 6.07) is 56.6. The lowest BCUT2D eigenvalue weighted by molar-refractivity contribution is 0.107. The molecule has 0 aliphatic rings. The van der Waals surface area contributed by atoms with Crippen molar-refractivity contribution in [2.45, 2.75) is 52.4 Å². The van der Waals surface area contributed by atoms with Gasteiger partial charge in [0.1, 0.15) is 12.2 Å². The zero-order valence-corrected chi connectivity index (χ0v) is 31.8. The van der Waals surface area contributed by atoms with Crippen LogP contribution in [0.3, 0.4) is 0 Å². The maximum Gasteiger partial charge on any atom is 0.362 e. The van der Waals surface area contributed by atoms with Crippen LogP contribution in [-0.2, 0) is 33.6 Å². The fourth-order valence-electron chi connectivity index (χ4n) is 6.76. The summed E-state index contributed by atoms with van der Waals surface area (Å²) in [6.45, 7) is 7.07. The van der Waals surface area contributed by atoms with Crippen LogP contribution in [0.5, 0.6) is 0 Å². The molecule has 0 bridgehead atoms. The maximum atomic E-state index is 7.01. The molecule has 5 nitrogen and oxygen atoms in total. The van der Waals surface area contributed by atoms with Crippen molar-refractivity contribution in [2.24, 2.45) is 0 Å². The van der Waals surface area contributed by atoms with E-state index in [4.69, 9.17) is 19.0 Å². The fourth-order valence-corrected chi connectivity index (χ4v) is 6.76. The van der Waals surface area contributed by atoms with Crippen molar-refractivity contribution in [3.05, 3.63) is 227 Å². The number of nitrogens with zero attached hydrogens (tertiary/aromatic N) is 2. The van der Waals surface area contributed by atoms with Gasteiger partial charge in [-0.05, 0) is 77.6 Å². The van der Waals surface area contributed by atoms with Crippen molar-refractivity contribution in [3.8, 4) is 0 Å². The van der Waals surface area contributed by atoms with E-state index < -0.39 is 0 Å². The van der Waals surface area contributed by atoms with Gasteiger partial charge >= 0.3 is 6.92 Å². The van der Waals surface area contributed by atoms with E-state index in [1.54, 1.807) is 0 Å². The number of ether oxygens (including phenoxy) is 1. The second-order valence-corrected chi connectivity index (χ2v) is 14.2. The summed E-state index contributed by atoms with van der Waals surface area (Å²) in [5, 5.41) is 0. The third kappa shape index (κ3) is 10.3. The minimum Gasteiger partial charge on any atom is -0.424 e. The third-order valence-electron chi connectivity index (χ3n) is 9.78. The standard InChI is InChI=1S/C48H46B2N2O3/c1-36-15-25-41(26-16-36)47(45-13-7-9-31-51-45)54-49(3)33-38-19-21-39(22-20-38)34-53-35-40-23-29-44(30-24-40)50(43-11-5-4-6-12-43)55-48(46-14-8-10-32-52-46)42-27-17-37(2)18-28-42/h4-32,47-48H,33-35H2,1-3H3. The van der Waals surface area contributed by atoms with Crippen LogP contribution < -0.4 is 10.9 Å². The second-order valence-electron chi connectivity index (χ2n) is 14.2. The molecule has 55 heavy (non-hydrogen) atoms. The van der Waals surface area contributed by atoms with Gasteiger partial charge in [0.05, 0.1) is 24.6 Å². The molecule has 2 atom stereocenters. The molecule has 0 aliphatic carbocycles. The molecule has 0 aliphatic heterocycles. The van der Waals surface area contributed by atoms with Crippen LogP contribution >= 0.6 is 0 Å². The first-order valence-corrected chi connectivity index (χ1v) is 19.0. The quantitative estimate of drug-likeness (QED) is 0.0933. The average molecular weight is 721 g/mol. The van der Waals surface area contributed by atoms with Gasteiger partial charge in [0.25, 0.3) is 6.92 Å². The number of aryl methyl sites for hydroxylation is 2. The second kappa shape index (κ2) is 18.6. The molecule has 2 unspecified atom stereocenters. The minimum atomic E-state index is -0.334. The smallest absolute Gasteiger partial charge is 0.362 e. The first-order valence-electron chi connectivity index (χ1n) is 19.0. The largest absolute Gasteiger partial charge is 0.424 e. The van der Waals surface area contributed by atoms with Gasteiger partial charge in [-0.25, -0.2) is 0 Å². The SMILES string of the molecule is CB(Cc1ccc(COCc2ccc(B(OC(c3ccc(C)cc3)c3ccccn3)c3ccccc3)cc2)cc1)OC(c1ccc(C)cc1)c1ccccn1. The van der Waals surface area contributed by atoms with Gasteiger partial charge in [-0.1, -0.05) is 163 Å². The molecule has 5 aromatic carbocycles. The Bertz CT molecular complexity index is 2190. The van der Waals surface area contributed by atoms with Gasteiger partial charge in [0.2, 0.25) is 0 Å². The molecular formula is C48H46B2N2O3. The Morgan fingerprint density at radius 3 is 1.44 bits per heavy atom. The molecule has 0 radical (unpaired) electrons. The van der Waals surface area contributed by atoms with Gasteiger partial charge in [0.15, 0.2) is 0 Å². The molecule has 7 heteroatoms. The molecule has 272 valence electrons. The Morgan fingerprint density at radius 2 is 0.927 bits per heavy atom. The average Bonchev–Trinajstić information content (AvgIpc) is 3.23. The summed E-state index contributed by atoms with van der Waals surface area (Å²) in [5.74, 6) is 0. The number of pyridine rings is 2. The van der Waals surface area contributed by atoms with E-state index in [-0.39, 0.29) is 26.0 Å². The number of benzene rings is 5. The van der Waals surface area contributed by atoms with Gasteiger partial charge in [-0.15, -0.1) is 0 Å². The summed E-state index contributed by atoms with van der Waals surface area (Å²) in [4.78, 5) is 9.30. The number of rotatable bonds is 16. The van der Waals surface area contributed by atoms with E-state index in [2.05, 4.69) is 147 Å². The summed E-state index contributed by atoms with van der Waals surface area (Å²) in [5.41, 5.74) is 12.0. The molecule has 0 fully saturated rings. The van der Waals surface area contributed by atoms with Gasteiger partial charge in [-0.2, -0.15) is 0 Å². The zero-order valence-electron chi connectivity index (χ0n) is 31.8. The lowest BCUT2D eigenvalue weighted by Crippen LogP contribution is -2.46. The lowest BCUT2D eigenvalue weighted by atomic mass is 9.55. The van der Waals surface area contributed by atoms with E-state index in [1.807, 2.05) is 54.9 Å². The normalized spacial score (nSPS) is 12.2. The Morgan fingerprint density at radius 1 is 0.473 bits per heavy atom. The van der Waals surface area contributed by atoms with Gasteiger partial charge in [-0.3, -0.25) is 9.97 Å². The van der Waals surface area contributed by atoms with E-state index in [9.17, 15) is 0 Å². The molecule has 0 spiro atoms.